The molecule has 0 heterocycles. The lowest BCUT2D eigenvalue weighted by Crippen LogP contribution is -2.16. The van der Waals surface area contributed by atoms with Crippen LogP contribution in [0.15, 0.2) is 24.3 Å². The van der Waals surface area contributed by atoms with E-state index in [1.807, 2.05) is 0 Å². The van der Waals surface area contributed by atoms with Crippen molar-refractivity contribution in [3.63, 3.8) is 0 Å². The Morgan fingerprint density at radius 1 is 1.32 bits per heavy atom. The molecule has 1 aromatic rings. The van der Waals surface area contributed by atoms with E-state index in [4.69, 9.17) is 5.11 Å². The van der Waals surface area contributed by atoms with Crippen LogP contribution < -0.4 is 5.32 Å². The molecule has 1 amide bonds. The van der Waals surface area contributed by atoms with Crippen LogP contribution in [0, 0.1) is 16.0 Å². The van der Waals surface area contributed by atoms with Gasteiger partial charge in [0.1, 0.15) is 0 Å². The zero-order valence-corrected chi connectivity index (χ0v) is 10.3. The Labute approximate surface area is 109 Å². The Hall–Kier alpha value is -2.44. The number of nitro benzene ring substituents is 1. The van der Waals surface area contributed by atoms with Gasteiger partial charge in [0.25, 0.3) is 5.69 Å². The molecule has 1 rings (SSSR count). The number of carbonyl (C=O) groups excluding carboxylic acids is 1. The number of nitrogens with one attached hydrogen (secondary N) is 1. The average molecular weight is 266 g/mol. The normalized spacial score (nSPS) is 11.6. The summed E-state index contributed by atoms with van der Waals surface area (Å²) < 4.78 is 0. The van der Waals surface area contributed by atoms with Gasteiger partial charge in [-0.1, -0.05) is 6.92 Å². The third-order valence-corrected chi connectivity index (χ3v) is 2.42. The fourth-order valence-electron chi connectivity index (χ4n) is 1.57. The predicted octanol–water partition coefficient (Wildman–Crippen LogP) is 2.03. The maximum atomic E-state index is 11.6. The summed E-state index contributed by atoms with van der Waals surface area (Å²) in [5, 5.41) is 21.6. The molecule has 0 aliphatic heterocycles. The fraction of sp³-hybridized carbons (Fsp3) is 0.333. The lowest BCUT2D eigenvalue weighted by Gasteiger charge is -2.09. The first-order valence-corrected chi connectivity index (χ1v) is 5.64. The van der Waals surface area contributed by atoms with Crippen LogP contribution in [0.3, 0.4) is 0 Å². The van der Waals surface area contributed by atoms with Crippen molar-refractivity contribution in [3.8, 4) is 0 Å². The number of amides is 1. The van der Waals surface area contributed by atoms with Gasteiger partial charge in [0.05, 0.1) is 4.92 Å². The van der Waals surface area contributed by atoms with Crippen molar-refractivity contribution in [3.05, 3.63) is 34.4 Å². The Balaban J connectivity index is 2.52. The number of carboxylic acid groups (broad SMARTS) is 1. The number of carboxylic acids is 1. The van der Waals surface area contributed by atoms with Gasteiger partial charge in [-0.25, -0.2) is 0 Å². The summed E-state index contributed by atoms with van der Waals surface area (Å²) >= 11 is 0. The van der Waals surface area contributed by atoms with Gasteiger partial charge < -0.3 is 10.4 Å². The monoisotopic (exact) mass is 266 g/mol. The second-order valence-electron chi connectivity index (χ2n) is 4.26. The Morgan fingerprint density at radius 2 is 1.89 bits per heavy atom. The maximum absolute atomic E-state index is 11.6. The number of nitro groups is 1. The molecule has 0 saturated carbocycles. The van der Waals surface area contributed by atoms with Crippen molar-refractivity contribution in [2.75, 3.05) is 5.32 Å². The predicted molar refractivity (Wildman–Crippen MR) is 67.8 cm³/mol. The molecule has 1 atom stereocenters. The Morgan fingerprint density at radius 3 is 2.37 bits per heavy atom. The van der Waals surface area contributed by atoms with Crippen LogP contribution in [0.5, 0.6) is 0 Å². The van der Waals surface area contributed by atoms with E-state index in [0.29, 0.717) is 5.69 Å². The molecule has 0 aliphatic carbocycles. The minimum absolute atomic E-state index is 0.0581. The van der Waals surface area contributed by atoms with Gasteiger partial charge in [-0.05, 0) is 18.1 Å². The van der Waals surface area contributed by atoms with Crippen molar-refractivity contribution >= 4 is 23.3 Å². The van der Waals surface area contributed by atoms with E-state index in [-0.39, 0.29) is 30.4 Å². The molecule has 0 unspecified atom stereocenters. The molecule has 0 aliphatic rings. The number of rotatable bonds is 6. The second-order valence-corrected chi connectivity index (χ2v) is 4.26. The molecule has 0 bridgehead atoms. The minimum atomic E-state index is -0.948. The standard InChI is InChI=1S/C12H14N2O5/c1-8(7-12(16)17)6-11(15)13-9-2-4-10(5-3-9)14(18)19/h2-5,8H,6-7H2,1H3,(H,13,15)(H,16,17)/t8-/m1/s1. The Kier molecular flexibility index (Phi) is 4.99. The number of hydrogen-bond donors (Lipinski definition) is 2. The molecule has 102 valence electrons. The zero-order valence-electron chi connectivity index (χ0n) is 10.3. The number of anilines is 1. The summed E-state index contributed by atoms with van der Waals surface area (Å²) in [6.45, 7) is 1.67. The largest absolute Gasteiger partial charge is 0.481 e. The number of benzene rings is 1. The number of carbonyl (C=O) groups is 2. The van der Waals surface area contributed by atoms with Crippen molar-refractivity contribution < 1.29 is 19.6 Å². The molecule has 1 aromatic carbocycles. The summed E-state index contributed by atoms with van der Waals surface area (Å²) in [7, 11) is 0. The smallest absolute Gasteiger partial charge is 0.303 e. The molecule has 0 fully saturated rings. The molecule has 19 heavy (non-hydrogen) atoms. The Bertz CT molecular complexity index is 483. The summed E-state index contributed by atoms with van der Waals surface area (Å²) in [4.78, 5) is 32.0. The second kappa shape index (κ2) is 6.48. The topological polar surface area (TPSA) is 110 Å². The first-order valence-electron chi connectivity index (χ1n) is 5.64. The van der Waals surface area contributed by atoms with E-state index in [0.717, 1.165) is 0 Å². The number of nitrogens with zero attached hydrogens (tertiary/aromatic N) is 1. The SMILES string of the molecule is C[C@@H](CC(=O)O)CC(=O)Nc1ccc([N+](=O)[O-])cc1. The highest BCUT2D eigenvalue weighted by atomic mass is 16.6. The van der Waals surface area contributed by atoms with Gasteiger partial charge >= 0.3 is 5.97 Å². The molecule has 0 spiro atoms. The van der Waals surface area contributed by atoms with Crippen LogP contribution >= 0.6 is 0 Å². The third kappa shape index (κ3) is 5.15. The van der Waals surface area contributed by atoms with Gasteiger partial charge in [0.2, 0.25) is 5.91 Å². The van der Waals surface area contributed by atoms with E-state index < -0.39 is 10.9 Å². The molecule has 0 saturated heterocycles. The van der Waals surface area contributed by atoms with Crippen LogP contribution in [0.25, 0.3) is 0 Å². The minimum Gasteiger partial charge on any atom is -0.481 e. The zero-order chi connectivity index (χ0) is 14.4. The third-order valence-electron chi connectivity index (χ3n) is 2.42. The van der Waals surface area contributed by atoms with Gasteiger partial charge in [0.15, 0.2) is 0 Å². The molecule has 2 N–H and O–H groups in total. The molecule has 7 heteroatoms. The quantitative estimate of drug-likeness (QED) is 0.604. The van der Waals surface area contributed by atoms with E-state index in [9.17, 15) is 19.7 Å². The van der Waals surface area contributed by atoms with E-state index in [1.165, 1.54) is 24.3 Å². The maximum Gasteiger partial charge on any atom is 0.303 e. The highest BCUT2D eigenvalue weighted by molar-refractivity contribution is 5.91. The van der Waals surface area contributed by atoms with Crippen LogP contribution in [0.4, 0.5) is 11.4 Å². The molecule has 7 nitrogen and oxygen atoms in total. The van der Waals surface area contributed by atoms with Gasteiger partial charge in [-0.15, -0.1) is 0 Å². The summed E-state index contributed by atoms with van der Waals surface area (Å²) in [5.41, 5.74) is 0.385. The molecule has 0 radical (unpaired) electrons. The summed E-state index contributed by atoms with van der Waals surface area (Å²) in [6, 6.07) is 5.43. The van der Waals surface area contributed by atoms with Crippen LogP contribution in [-0.4, -0.2) is 21.9 Å². The van der Waals surface area contributed by atoms with Crippen molar-refractivity contribution in [2.45, 2.75) is 19.8 Å². The summed E-state index contributed by atoms with van der Waals surface area (Å²) in [6.07, 6.45) is 0.0109. The van der Waals surface area contributed by atoms with E-state index in [1.54, 1.807) is 6.92 Å². The highest BCUT2D eigenvalue weighted by Crippen LogP contribution is 2.16. The first-order chi connectivity index (χ1) is 8.88. The molecule has 0 aromatic heterocycles. The number of hydrogen-bond acceptors (Lipinski definition) is 4. The average Bonchev–Trinajstić information content (AvgIpc) is 2.27. The van der Waals surface area contributed by atoms with Crippen LogP contribution in [-0.2, 0) is 9.59 Å². The van der Waals surface area contributed by atoms with Crippen LogP contribution in [0.2, 0.25) is 0 Å². The van der Waals surface area contributed by atoms with Crippen molar-refractivity contribution in [2.24, 2.45) is 5.92 Å². The fourth-order valence-corrected chi connectivity index (χ4v) is 1.57. The highest BCUT2D eigenvalue weighted by Gasteiger charge is 2.13. The summed E-state index contributed by atoms with van der Waals surface area (Å²) in [5.74, 6) is -1.53. The van der Waals surface area contributed by atoms with E-state index in [2.05, 4.69) is 5.32 Å². The van der Waals surface area contributed by atoms with Crippen molar-refractivity contribution in [1.29, 1.82) is 0 Å². The number of non-ortho nitro benzene ring substituents is 1. The van der Waals surface area contributed by atoms with Gasteiger partial charge in [-0.2, -0.15) is 0 Å². The first kappa shape index (κ1) is 14.6. The van der Waals surface area contributed by atoms with Gasteiger partial charge in [0, 0.05) is 30.7 Å². The molecular weight excluding hydrogens is 252 g/mol. The lowest BCUT2D eigenvalue weighted by molar-refractivity contribution is -0.384. The van der Waals surface area contributed by atoms with Crippen molar-refractivity contribution in [1.82, 2.24) is 0 Å². The number of aliphatic carboxylic acids is 1. The van der Waals surface area contributed by atoms with Gasteiger partial charge in [-0.3, -0.25) is 19.7 Å². The van der Waals surface area contributed by atoms with Crippen LogP contribution in [0.1, 0.15) is 19.8 Å². The lowest BCUT2D eigenvalue weighted by atomic mass is 10.0. The molecular formula is C12H14N2O5. The van der Waals surface area contributed by atoms with E-state index >= 15 is 0 Å².